The molecule has 0 aromatic carbocycles. The van der Waals surface area contributed by atoms with E-state index in [-0.39, 0.29) is 5.97 Å². The summed E-state index contributed by atoms with van der Waals surface area (Å²) in [7, 11) is 1.56. The Kier molecular flexibility index (Phi) is 3.78. The molecule has 3 aromatic heterocycles. The molecule has 0 saturated heterocycles. The Labute approximate surface area is 128 Å². The number of carbonyl (C=O) groups is 1. The summed E-state index contributed by atoms with van der Waals surface area (Å²) in [6.07, 6.45) is 1.90. The van der Waals surface area contributed by atoms with E-state index < -0.39 is 0 Å². The number of ether oxygens (including phenoxy) is 2. The number of hydrogen-bond donors (Lipinski definition) is 0. The van der Waals surface area contributed by atoms with Crippen LogP contribution in [0.4, 0.5) is 0 Å². The van der Waals surface area contributed by atoms with Gasteiger partial charge in [0.15, 0.2) is 0 Å². The highest BCUT2D eigenvalue weighted by Crippen LogP contribution is 2.28. The Morgan fingerprint density at radius 1 is 1.23 bits per heavy atom. The molecule has 0 radical (unpaired) electrons. The second-order valence-electron chi connectivity index (χ2n) is 4.69. The third-order valence-corrected chi connectivity index (χ3v) is 3.35. The van der Waals surface area contributed by atoms with Crippen LogP contribution in [0.15, 0.2) is 48.7 Å². The largest absolute Gasteiger partial charge is 0.481 e. The number of carbonyl (C=O) groups excluding carboxylic acids is 1. The van der Waals surface area contributed by atoms with Gasteiger partial charge in [0, 0.05) is 17.8 Å². The molecule has 0 fully saturated rings. The van der Waals surface area contributed by atoms with E-state index in [4.69, 9.17) is 9.47 Å². The number of pyridine rings is 2. The molecule has 5 nitrogen and oxygen atoms in total. The minimum absolute atomic E-state index is 0.329. The van der Waals surface area contributed by atoms with Crippen LogP contribution in [-0.2, 0) is 4.74 Å². The third kappa shape index (κ3) is 2.41. The molecular formula is C17H16N2O3. The van der Waals surface area contributed by atoms with E-state index in [2.05, 4.69) is 4.98 Å². The van der Waals surface area contributed by atoms with Crippen molar-refractivity contribution in [2.75, 3.05) is 13.7 Å². The molecular weight excluding hydrogens is 280 g/mol. The Balaban J connectivity index is 2.25. The van der Waals surface area contributed by atoms with Crippen LogP contribution >= 0.6 is 0 Å². The first kappa shape index (κ1) is 14.1. The molecule has 3 aromatic rings. The van der Waals surface area contributed by atoms with Gasteiger partial charge < -0.3 is 13.9 Å². The van der Waals surface area contributed by atoms with E-state index >= 15 is 0 Å². The molecule has 22 heavy (non-hydrogen) atoms. The number of aromatic nitrogens is 2. The van der Waals surface area contributed by atoms with Crippen molar-refractivity contribution in [3.8, 4) is 17.3 Å². The van der Waals surface area contributed by atoms with Crippen LogP contribution in [0.1, 0.15) is 17.3 Å². The predicted octanol–water partition coefficient (Wildman–Crippen LogP) is 3.19. The first-order valence-electron chi connectivity index (χ1n) is 7.03. The van der Waals surface area contributed by atoms with Crippen molar-refractivity contribution < 1.29 is 14.3 Å². The molecule has 0 bridgehead atoms. The van der Waals surface area contributed by atoms with Crippen LogP contribution in [0.5, 0.6) is 5.88 Å². The Morgan fingerprint density at radius 3 is 2.86 bits per heavy atom. The molecule has 0 atom stereocenters. The van der Waals surface area contributed by atoms with Crippen LogP contribution in [0.2, 0.25) is 0 Å². The Bertz CT molecular complexity index is 824. The first-order chi connectivity index (χ1) is 10.7. The molecule has 0 amide bonds. The molecule has 5 heteroatoms. The van der Waals surface area contributed by atoms with Crippen molar-refractivity contribution in [1.29, 1.82) is 0 Å². The Hall–Kier alpha value is -2.82. The summed E-state index contributed by atoms with van der Waals surface area (Å²) in [5, 5.41) is 0. The number of rotatable bonds is 4. The second kappa shape index (κ2) is 5.89. The molecule has 0 unspecified atom stereocenters. The maximum Gasteiger partial charge on any atom is 0.340 e. The minimum Gasteiger partial charge on any atom is -0.481 e. The van der Waals surface area contributed by atoms with Crippen molar-refractivity contribution in [3.63, 3.8) is 0 Å². The zero-order valence-electron chi connectivity index (χ0n) is 12.4. The van der Waals surface area contributed by atoms with Gasteiger partial charge in [-0.3, -0.25) is 0 Å². The maximum absolute atomic E-state index is 12.3. The van der Waals surface area contributed by atoms with Crippen LogP contribution in [0.25, 0.3) is 16.9 Å². The number of methoxy groups -OCH3 is 1. The molecule has 3 rings (SSSR count). The van der Waals surface area contributed by atoms with E-state index in [0.29, 0.717) is 29.4 Å². The third-order valence-electron chi connectivity index (χ3n) is 3.35. The van der Waals surface area contributed by atoms with Gasteiger partial charge in [-0.2, -0.15) is 0 Å². The second-order valence-corrected chi connectivity index (χ2v) is 4.69. The number of esters is 1. The summed E-state index contributed by atoms with van der Waals surface area (Å²) in [5.41, 5.74) is 2.76. The fourth-order valence-electron chi connectivity index (χ4n) is 2.41. The van der Waals surface area contributed by atoms with Gasteiger partial charge in [0.05, 0.1) is 30.7 Å². The molecule has 0 N–H and O–H groups in total. The van der Waals surface area contributed by atoms with Gasteiger partial charge in [0.25, 0.3) is 0 Å². The van der Waals surface area contributed by atoms with Gasteiger partial charge in [-0.25, -0.2) is 9.78 Å². The quantitative estimate of drug-likeness (QED) is 0.694. The minimum atomic E-state index is -0.356. The van der Waals surface area contributed by atoms with Crippen LogP contribution in [0, 0.1) is 0 Å². The standard InChI is InChI=1S/C17H16N2O3/c1-3-22-17(20)13-11-12-7-4-5-10-19(12)16(13)14-8-6-9-15(18-14)21-2/h4-11H,3H2,1-2H3. The summed E-state index contributed by atoms with van der Waals surface area (Å²) < 4.78 is 12.3. The fraction of sp³-hybridized carbons (Fsp3) is 0.176. The first-order valence-corrected chi connectivity index (χ1v) is 7.03. The van der Waals surface area contributed by atoms with E-state index in [1.165, 1.54) is 0 Å². The van der Waals surface area contributed by atoms with E-state index in [9.17, 15) is 4.79 Å². The van der Waals surface area contributed by atoms with Gasteiger partial charge in [-0.15, -0.1) is 0 Å². The molecule has 3 heterocycles. The van der Waals surface area contributed by atoms with Gasteiger partial charge in [0.2, 0.25) is 5.88 Å². The summed E-state index contributed by atoms with van der Waals surface area (Å²) >= 11 is 0. The van der Waals surface area contributed by atoms with E-state index in [0.717, 1.165) is 5.52 Å². The lowest BCUT2D eigenvalue weighted by Crippen LogP contribution is -2.06. The average Bonchev–Trinajstić information content (AvgIpc) is 2.94. The van der Waals surface area contributed by atoms with E-state index in [1.54, 1.807) is 20.1 Å². The van der Waals surface area contributed by atoms with Crippen molar-refractivity contribution in [2.24, 2.45) is 0 Å². The lowest BCUT2D eigenvalue weighted by atomic mass is 10.2. The number of fused-ring (bicyclic) bond motifs is 1. The zero-order valence-corrected chi connectivity index (χ0v) is 12.4. The van der Waals surface area contributed by atoms with Gasteiger partial charge in [0.1, 0.15) is 0 Å². The van der Waals surface area contributed by atoms with Crippen LogP contribution < -0.4 is 4.74 Å². The van der Waals surface area contributed by atoms with E-state index in [1.807, 2.05) is 47.0 Å². The monoisotopic (exact) mass is 296 g/mol. The molecule has 0 aliphatic heterocycles. The highest BCUT2D eigenvalue weighted by Gasteiger charge is 2.20. The zero-order chi connectivity index (χ0) is 15.5. The highest BCUT2D eigenvalue weighted by atomic mass is 16.5. The summed E-state index contributed by atoms with van der Waals surface area (Å²) in [5.74, 6) is 0.143. The maximum atomic E-state index is 12.3. The topological polar surface area (TPSA) is 52.8 Å². The molecule has 0 aliphatic rings. The van der Waals surface area contributed by atoms with Gasteiger partial charge in [-0.1, -0.05) is 12.1 Å². The smallest absolute Gasteiger partial charge is 0.340 e. The highest BCUT2D eigenvalue weighted by molar-refractivity contribution is 5.98. The SMILES string of the molecule is CCOC(=O)c1cc2ccccn2c1-c1cccc(OC)n1. The van der Waals surface area contributed by atoms with Gasteiger partial charge >= 0.3 is 5.97 Å². The van der Waals surface area contributed by atoms with Crippen molar-refractivity contribution in [1.82, 2.24) is 9.38 Å². The van der Waals surface area contributed by atoms with Crippen molar-refractivity contribution >= 4 is 11.5 Å². The van der Waals surface area contributed by atoms with Crippen molar-refractivity contribution in [3.05, 3.63) is 54.2 Å². The summed E-state index contributed by atoms with van der Waals surface area (Å²) in [4.78, 5) is 16.7. The lowest BCUT2D eigenvalue weighted by Gasteiger charge is -2.07. The molecule has 0 spiro atoms. The van der Waals surface area contributed by atoms with Crippen molar-refractivity contribution in [2.45, 2.75) is 6.92 Å². The number of hydrogen-bond acceptors (Lipinski definition) is 4. The average molecular weight is 296 g/mol. The molecule has 0 aliphatic carbocycles. The van der Waals surface area contributed by atoms with Gasteiger partial charge in [-0.05, 0) is 31.2 Å². The van der Waals surface area contributed by atoms with Crippen LogP contribution in [-0.4, -0.2) is 29.1 Å². The lowest BCUT2D eigenvalue weighted by molar-refractivity contribution is 0.0527. The fourth-order valence-corrected chi connectivity index (χ4v) is 2.41. The molecule has 0 saturated carbocycles. The molecule has 112 valence electrons. The summed E-state index contributed by atoms with van der Waals surface area (Å²) in [6.45, 7) is 2.12. The predicted molar refractivity (Wildman–Crippen MR) is 83.1 cm³/mol. The summed E-state index contributed by atoms with van der Waals surface area (Å²) in [6, 6.07) is 13.0. The van der Waals surface area contributed by atoms with Crippen LogP contribution in [0.3, 0.4) is 0 Å². The number of nitrogens with zero attached hydrogens (tertiary/aromatic N) is 2. The Morgan fingerprint density at radius 2 is 2.09 bits per heavy atom. The normalized spacial score (nSPS) is 10.6.